The maximum atomic E-state index is 9.93. The topological polar surface area (TPSA) is 68.0 Å². The van der Waals surface area contributed by atoms with E-state index in [-0.39, 0.29) is 6.61 Å². The molecule has 1 aromatic carbocycles. The lowest BCUT2D eigenvalue weighted by atomic mass is 10.3. The van der Waals surface area contributed by atoms with Crippen LogP contribution in [0.15, 0.2) is 18.2 Å². The molecular formula is C14H24N2O3. The van der Waals surface area contributed by atoms with Gasteiger partial charge in [0, 0.05) is 18.3 Å². The summed E-state index contributed by atoms with van der Waals surface area (Å²) in [6.07, 6.45) is -0.526. The highest BCUT2D eigenvalue weighted by Gasteiger charge is 2.11. The normalized spacial score (nSPS) is 12.5. The summed E-state index contributed by atoms with van der Waals surface area (Å²) in [5.74, 6) is 1.17. The van der Waals surface area contributed by atoms with Crippen molar-refractivity contribution in [3.63, 3.8) is 0 Å². The van der Waals surface area contributed by atoms with E-state index in [1.54, 1.807) is 25.3 Å². The van der Waals surface area contributed by atoms with Gasteiger partial charge in [-0.15, -0.1) is 0 Å². The Morgan fingerprint density at radius 1 is 1.26 bits per heavy atom. The highest BCUT2D eigenvalue weighted by atomic mass is 16.5. The van der Waals surface area contributed by atoms with Crippen LogP contribution in [0.5, 0.6) is 11.5 Å². The second-order valence-electron chi connectivity index (χ2n) is 4.36. The van der Waals surface area contributed by atoms with Crippen LogP contribution in [0.2, 0.25) is 0 Å². The number of aliphatic hydroxyl groups is 1. The van der Waals surface area contributed by atoms with E-state index in [4.69, 9.17) is 15.2 Å². The molecule has 0 saturated carbocycles. The summed E-state index contributed by atoms with van der Waals surface area (Å²) in [4.78, 5) is 2.15. The minimum atomic E-state index is -0.526. The van der Waals surface area contributed by atoms with Crippen LogP contribution in [0.3, 0.4) is 0 Å². The van der Waals surface area contributed by atoms with Gasteiger partial charge in [0.15, 0.2) is 11.5 Å². The summed E-state index contributed by atoms with van der Waals surface area (Å²) in [5, 5.41) is 9.93. The van der Waals surface area contributed by atoms with Gasteiger partial charge in [-0.2, -0.15) is 0 Å². The molecule has 0 aliphatic carbocycles. The van der Waals surface area contributed by atoms with Crippen LogP contribution < -0.4 is 15.2 Å². The average molecular weight is 268 g/mol. The number of likely N-dealkylation sites (N-methyl/N-ethyl adjacent to an activating group) is 1. The Bertz CT molecular complexity index is 381. The molecule has 0 fully saturated rings. The van der Waals surface area contributed by atoms with Crippen molar-refractivity contribution in [1.82, 2.24) is 4.90 Å². The maximum Gasteiger partial charge on any atom is 0.162 e. The van der Waals surface area contributed by atoms with Gasteiger partial charge in [0.2, 0.25) is 0 Å². The molecule has 0 aliphatic heterocycles. The molecule has 0 saturated heterocycles. The largest absolute Gasteiger partial charge is 0.493 e. The van der Waals surface area contributed by atoms with Crippen molar-refractivity contribution >= 4 is 5.69 Å². The molecule has 1 aromatic rings. The van der Waals surface area contributed by atoms with Crippen LogP contribution >= 0.6 is 0 Å². The van der Waals surface area contributed by atoms with Crippen molar-refractivity contribution in [2.45, 2.75) is 20.0 Å². The van der Waals surface area contributed by atoms with Crippen LogP contribution in [-0.2, 0) is 0 Å². The third kappa shape index (κ3) is 4.96. The predicted octanol–water partition coefficient (Wildman–Crippen LogP) is 1.36. The van der Waals surface area contributed by atoms with E-state index in [0.29, 0.717) is 23.7 Å². The van der Waals surface area contributed by atoms with E-state index in [2.05, 4.69) is 18.7 Å². The molecule has 0 amide bonds. The summed E-state index contributed by atoms with van der Waals surface area (Å²) in [7, 11) is 1.56. The average Bonchev–Trinajstić information content (AvgIpc) is 2.43. The predicted molar refractivity (Wildman–Crippen MR) is 76.7 cm³/mol. The lowest BCUT2D eigenvalue weighted by molar-refractivity contribution is 0.0706. The van der Waals surface area contributed by atoms with Crippen LogP contribution in [0, 0.1) is 0 Å². The lowest BCUT2D eigenvalue weighted by Crippen LogP contribution is -2.35. The van der Waals surface area contributed by atoms with Crippen molar-refractivity contribution in [3.05, 3.63) is 18.2 Å². The molecule has 3 N–H and O–H groups in total. The number of anilines is 1. The summed E-state index contributed by atoms with van der Waals surface area (Å²) in [5.41, 5.74) is 6.29. The molecule has 0 heterocycles. The number of nitrogen functional groups attached to an aromatic ring is 1. The van der Waals surface area contributed by atoms with E-state index in [1.165, 1.54) is 0 Å². The number of nitrogens with zero attached hydrogens (tertiary/aromatic N) is 1. The molecule has 0 bridgehead atoms. The second kappa shape index (κ2) is 7.86. The summed E-state index contributed by atoms with van der Waals surface area (Å²) in [6, 6.07) is 5.19. The molecule has 5 heteroatoms. The van der Waals surface area contributed by atoms with Gasteiger partial charge in [0.1, 0.15) is 12.7 Å². The minimum Gasteiger partial charge on any atom is -0.493 e. The van der Waals surface area contributed by atoms with E-state index >= 15 is 0 Å². The molecule has 19 heavy (non-hydrogen) atoms. The first-order chi connectivity index (χ1) is 9.10. The smallest absolute Gasteiger partial charge is 0.162 e. The Labute approximate surface area is 114 Å². The minimum absolute atomic E-state index is 0.233. The van der Waals surface area contributed by atoms with Gasteiger partial charge in [-0.25, -0.2) is 0 Å². The molecule has 5 nitrogen and oxygen atoms in total. The van der Waals surface area contributed by atoms with Gasteiger partial charge in [-0.05, 0) is 25.2 Å². The van der Waals surface area contributed by atoms with E-state index in [1.807, 2.05) is 0 Å². The SMILES string of the molecule is CCN(CC)C[C@@H](O)COc1ccc(N)cc1OC. The molecular weight excluding hydrogens is 244 g/mol. The summed E-state index contributed by atoms with van der Waals surface area (Å²) in [6.45, 7) is 6.80. The molecule has 0 aliphatic rings. The fourth-order valence-electron chi connectivity index (χ4n) is 1.82. The van der Waals surface area contributed by atoms with Gasteiger partial charge in [0.05, 0.1) is 7.11 Å². The number of benzene rings is 1. The van der Waals surface area contributed by atoms with E-state index < -0.39 is 6.10 Å². The molecule has 1 atom stereocenters. The number of ether oxygens (including phenoxy) is 2. The Morgan fingerprint density at radius 3 is 2.53 bits per heavy atom. The number of rotatable bonds is 8. The zero-order chi connectivity index (χ0) is 14.3. The van der Waals surface area contributed by atoms with Gasteiger partial charge in [-0.3, -0.25) is 0 Å². The monoisotopic (exact) mass is 268 g/mol. The lowest BCUT2D eigenvalue weighted by Gasteiger charge is -2.22. The number of aliphatic hydroxyl groups excluding tert-OH is 1. The first kappa shape index (κ1) is 15.6. The number of hydrogen-bond donors (Lipinski definition) is 2. The first-order valence-electron chi connectivity index (χ1n) is 6.57. The Hall–Kier alpha value is -1.46. The molecule has 0 aromatic heterocycles. The number of nitrogens with two attached hydrogens (primary N) is 1. The van der Waals surface area contributed by atoms with Crippen LogP contribution in [-0.4, -0.2) is 49.5 Å². The van der Waals surface area contributed by atoms with Crippen molar-refractivity contribution in [2.24, 2.45) is 0 Å². The van der Waals surface area contributed by atoms with Crippen molar-refractivity contribution < 1.29 is 14.6 Å². The summed E-state index contributed by atoms with van der Waals surface area (Å²) >= 11 is 0. The Balaban J connectivity index is 2.52. The standard InChI is InChI=1S/C14H24N2O3/c1-4-16(5-2)9-12(17)10-19-13-7-6-11(15)8-14(13)18-3/h6-8,12,17H,4-5,9-10,15H2,1-3H3/t12-/m1/s1. The fraction of sp³-hybridized carbons (Fsp3) is 0.571. The molecule has 0 unspecified atom stereocenters. The molecule has 0 spiro atoms. The van der Waals surface area contributed by atoms with Crippen LogP contribution in [0.25, 0.3) is 0 Å². The maximum absolute atomic E-state index is 9.93. The van der Waals surface area contributed by atoms with E-state index in [0.717, 1.165) is 13.1 Å². The summed E-state index contributed by atoms with van der Waals surface area (Å²) < 4.78 is 10.8. The van der Waals surface area contributed by atoms with Crippen molar-refractivity contribution in [2.75, 3.05) is 39.1 Å². The Morgan fingerprint density at radius 2 is 1.95 bits per heavy atom. The van der Waals surface area contributed by atoms with Crippen LogP contribution in [0.1, 0.15) is 13.8 Å². The Kier molecular flexibility index (Phi) is 6.45. The highest BCUT2D eigenvalue weighted by molar-refractivity contribution is 5.51. The van der Waals surface area contributed by atoms with E-state index in [9.17, 15) is 5.11 Å². The first-order valence-corrected chi connectivity index (χ1v) is 6.57. The van der Waals surface area contributed by atoms with Crippen molar-refractivity contribution in [3.8, 4) is 11.5 Å². The zero-order valence-corrected chi connectivity index (χ0v) is 11.9. The van der Waals surface area contributed by atoms with Gasteiger partial charge in [0.25, 0.3) is 0 Å². The quantitative estimate of drug-likeness (QED) is 0.697. The second-order valence-corrected chi connectivity index (χ2v) is 4.36. The fourth-order valence-corrected chi connectivity index (χ4v) is 1.82. The van der Waals surface area contributed by atoms with Crippen molar-refractivity contribution in [1.29, 1.82) is 0 Å². The number of hydrogen-bond acceptors (Lipinski definition) is 5. The third-order valence-electron chi connectivity index (χ3n) is 2.98. The van der Waals surface area contributed by atoms with Gasteiger partial charge in [-0.1, -0.05) is 13.8 Å². The number of methoxy groups -OCH3 is 1. The molecule has 108 valence electrons. The molecule has 0 radical (unpaired) electrons. The highest BCUT2D eigenvalue weighted by Crippen LogP contribution is 2.28. The zero-order valence-electron chi connectivity index (χ0n) is 11.9. The van der Waals surface area contributed by atoms with Gasteiger partial charge >= 0.3 is 0 Å². The van der Waals surface area contributed by atoms with Crippen LogP contribution in [0.4, 0.5) is 5.69 Å². The van der Waals surface area contributed by atoms with Gasteiger partial charge < -0.3 is 25.2 Å². The molecule has 1 rings (SSSR count). The third-order valence-corrected chi connectivity index (χ3v) is 2.98.